The molecule has 4 atom stereocenters. The van der Waals surface area contributed by atoms with Gasteiger partial charge in [-0.05, 0) is 18.9 Å². The summed E-state index contributed by atoms with van der Waals surface area (Å²) < 4.78 is -0.147. The molecule has 0 unspecified atom stereocenters. The normalized spacial score (nSPS) is 22.1. The minimum absolute atomic E-state index is 0.147. The van der Waals surface area contributed by atoms with Crippen LogP contribution in [0.2, 0.25) is 0 Å². The number of hydrogen-bond acceptors (Lipinski definition) is 5. The Morgan fingerprint density at radius 1 is 1.16 bits per heavy atom. The molecule has 4 N–H and O–H groups in total. The number of hydrogen-bond donors (Lipinski definition) is 4. The summed E-state index contributed by atoms with van der Waals surface area (Å²) >= 11 is 1.58. The van der Waals surface area contributed by atoms with Crippen LogP contribution in [0.5, 0.6) is 0 Å². The average molecular weight is 448 g/mol. The van der Waals surface area contributed by atoms with Gasteiger partial charge >= 0.3 is 0 Å². The second-order valence-electron chi connectivity index (χ2n) is 8.89. The van der Waals surface area contributed by atoms with Gasteiger partial charge in [0.2, 0.25) is 17.7 Å². The first-order valence-electron chi connectivity index (χ1n) is 10.4. The van der Waals surface area contributed by atoms with Crippen LogP contribution in [0.15, 0.2) is 42.0 Å². The van der Waals surface area contributed by atoms with E-state index in [2.05, 4.69) is 10.6 Å². The van der Waals surface area contributed by atoms with Crippen LogP contribution in [0.3, 0.4) is 0 Å². The molecule has 0 spiro atoms. The van der Waals surface area contributed by atoms with Crippen LogP contribution in [-0.2, 0) is 20.8 Å². The van der Waals surface area contributed by atoms with E-state index in [4.69, 9.17) is 0 Å². The lowest BCUT2D eigenvalue weighted by Gasteiger charge is -2.37. The van der Waals surface area contributed by atoms with Crippen LogP contribution in [0.4, 0.5) is 0 Å². The molecule has 0 aliphatic heterocycles. The van der Waals surface area contributed by atoms with Gasteiger partial charge in [0, 0.05) is 23.5 Å². The number of amides is 3. The lowest BCUT2D eigenvalue weighted by molar-refractivity contribution is -0.141. The van der Waals surface area contributed by atoms with Gasteiger partial charge in [0.05, 0.1) is 11.8 Å². The van der Waals surface area contributed by atoms with Crippen molar-refractivity contribution >= 4 is 29.5 Å². The molecule has 0 heterocycles. The van der Waals surface area contributed by atoms with E-state index in [0.29, 0.717) is 12.8 Å². The Kier molecular flexibility index (Phi) is 8.70. The Labute approximate surface area is 188 Å². The molecule has 1 aromatic rings. The number of likely N-dealkylation sites (N-methyl/N-ethyl adjacent to an activating group) is 1. The highest BCUT2D eigenvalue weighted by Crippen LogP contribution is 2.41. The lowest BCUT2D eigenvalue weighted by Crippen LogP contribution is -2.53. The van der Waals surface area contributed by atoms with E-state index in [1.54, 1.807) is 17.2 Å². The van der Waals surface area contributed by atoms with Gasteiger partial charge in [0.25, 0.3) is 0 Å². The van der Waals surface area contributed by atoms with Gasteiger partial charge in [0.15, 0.2) is 0 Å². The molecule has 1 aromatic carbocycles. The highest BCUT2D eigenvalue weighted by Gasteiger charge is 2.43. The summed E-state index contributed by atoms with van der Waals surface area (Å²) in [7, 11) is 1.53. The maximum atomic E-state index is 13.3. The molecule has 0 saturated heterocycles. The molecule has 0 saturated carbocycles. The molecular weight excluding hydrogens is 414 g/mol. The van der Waals surface area contributed by atoms with Crippen molar-refractivity contribution in [3.05, 3.63) is 47.5 Å². The van der Waals surface area contributed by atoms with E-state index in [-0.39, 0.29) is 21.8 Å². The Hall–Kier alpha value is -2.32. The number of hydroxylamine groups is 1. The summed E-state index contributed by atoms with van der Waals surface area (Å²) in [5.41, 5.74) is 3.66. The number of carbonyl (C=O) groups excluding carboxylic acids is 3. The first-order valence-corrected chi connectivity index (χ1v) is 11.3. The third-order valence-electron chi connectivity index (χ3n) is 5.18. The summed E-state index contributed by atoms with van der Waals surface area (Å²) in [6, 6.07) is 8.67. The van der Waals surface area contributed by atoms with E-state index >= 15 is 0 Å². The van der Waals surface area contributed by atoms with Gasteiger partial charge in [-0.1, -0.05) is 62.8 Å². The van der Waals surface area contributed by atoms with E-state index in [0.717, 1.165) is 11.1 Å². The van der Waals surface area contributed by atoms with Crippen LogP contribution in [0, 0.1) is 11.8 Å². The van der Waals surface area contributed by atoms with Crippen LogP contribution in [0.25, 0.3) is 0 Å². The molecule has 2 rings (SSSR count). The molecular formula is C23H33N3O4S. The Balaban J connectivity index is 2.29. The number of thioether (sulfide) groups is 1. The van der Waals surface area contributed by atoms with Crippen molar-refractivity contribution in [1.29, 1.82) is 0 Å². The van der Waals surface area contributed by atoms with Gasteiger partial charge in [-0.3, -0.25) is 19.6 Å². The number of rotatable bonds is 7. The fraction of sp³-hybridized carbons (Fsp3) is 0.522. The minimum Gasteiger partial charge on any atom is -0.357 e. The molecule has 31 heavy (non-hydrogen) atoms. The van der Waals surface area contributed by atoms with Crippen molar-refractivity contribution in [2.45, 2.75) is 56.6 Å². The largest absolute Gasteiger partial charge is 0.357 e. The smallest absolute Gasteiger partial charge is 0.248 e. The fourth-order valence-corrected chi connectivity index (χ4v) is 5.42. The summed E-state index contributed by atoms with van der Waals surface area (Å²) in [6.45, 7) is 8.06. The third kappa shape index (κ3) is 7.11. The molecule has 8 heteroatoms. The second kappa shape index (κ2) is 10.8. The molecule has 0 radical (unpaired) electrons. The van der Waals surface area contributed by atoms with E-state index < -0.39 is 23.8 Å². The first kappa shape index (κ1) is 24.9. The maximum absolute atomic E-state index is 13.3. The van der Waals surface area contributed by atoms with Crippen LogP contribution < -0.4 is 16.1 Å². The SMILES string of the molecule is CNC(=O)[C@H](Cc1ccccc1)NC(=O)[C@@H]1CC(C)=C[C@H](SC(C)(C)C)[C@@H]1C(=O)NO. The summed E-state index contributed by atoms with van der Waals surface area (Å²) in [6.07, 6.45) is 2.72. The predicted octanol–water partition coefficient (Wildman–Crippen LogP) is 2.45. The van der Waals surface area contributed by atoms with Crippen molar-refractivity contribution in [2.75, 3.05) is 7.05 Å². The Morgan fingerprint density at radius 3 is 2.35 bits per heavy atom. The maximum Gasteiger partial charge on any atom is 0.248 e. The highest BCUT2D eigenvalue weighted by atomic mass is 32.2. The molecule has 1 aliphatic carbocycles. The van der Waals surface area contributed by atoms with Crippen molar-refractivity contribution in [3.8, 4) is 0 Å². The fourth-order valence-electron chi connectivity index (χ4n) is 3.84. The van der Waals surface area contributed by atoms with E-state index in [1.807, 2.05) is 64.1 Å². The highest BCUT2D eigenvalue weighted by molar-refractivity contribution is 8.01. The molecule has 3 amide bonds. The standard InChI is InChI=1S/C23H33N3O4S/c1-14-11-16(19(22(29)26-30)18(12-14)31-23(2,3)4)20(27)25-17(21(28)24-5)13-15-9-7-6-8-10-15/h6-10,12,16-19,30H,11,13H2,1-5H3,(H,24,28)(H,25,27)(H,26,29)/t16-,17+,18+,19-/m1/s1. The lowest BCUT2D eigenvalue weighted by atomic mass is 9.78. The number of nitrogens with one attached hydrogen (secondary N) is 3. The predicted molar refractivity (Wildman–Crippen MR) is 123 cm³/mol. The summed E-state index contributed by atoms with van der Waals surface area (Å²) in [5, 5.41) is 14.5. The third-order valence-corrected chi connectivity index (χ3v) is 6.59. The monoisotopic (exact) mass is 447 g/mol. The van der Waals surface area contributed by atoms with Crippen LogP contribution in [-0.4, -0.2) is 46.0 Å². The topological polar surface area (TPSA) is 108 Å². The van der Waals surface area contributed by atoms with Crippen molar-refractivity contribution in [1.82, 2.24) is 16.1 Å². The molecule has 7 nitrogen and oxygen atoms in total. The van der Waals surface area contributed by atoms with E-state index in [1.165, 1.54) is 7.05 Å². The zero-order valence-corrected chi connectivity index (χ0v) is 19.6. The molecule has 0 fully saturated rings. The van der Waals surface area contributed by atoms with Crippen molar-refractivity contribution in [3.63, 3.8) is 0 Å². The van der Waals surface area contributed by atoms with Gasteiger partial charge in [0.1, 0.15) is 6.04 Å². The Bertz CT molecular complexity index is 820. The van der Waals surface area contributed by atoms with E-state index in [9.17, 15) is 19.6 Å². The Morgan fingerprint density at radius 2 is 1.81 bits per heavy atom. The van der Waals surface area contributed by atoms with Crippen molar-refractivity contribution in [2.24, 2.45) is 11.8 Å². The summed E-state index contributed by atoms with van der Waals surface area (Å²) in [5.74, 6) is -2.71. The van der Waals surface area contributed by atoms with Crippen LogP contribution in [0.1, 0.15) is 39.7 Å². The van der Waals surface area contributed by atoms with Gasteiger partial charge in [-0.2, -0.15) is 0 Å². The van der Waals surface area contributed by atoms with Crippen molar-refractivity contribution < 1.29 is 19.6 Å². The number of benzene rings is 1. The van der Waals surface area contributed by atoms with Crippen LogP contribution >= 0.6 is 11.8 Å². The van der Waals surface area contributed by atoms with Gasteiger partial charge in [-0.25, -0.2) is 5.48 Å². The van der Waals surface area contributed by atoms with Gasteiger partial charge < -0.3 is 10.6 Å². The molecule has 0 bridgehead atoms. The molecule has 1 aliphatic rings. The first-order chi connectivity index (χ1) is 14.6. The van der Waals surface area contributed by atoms with Gasteiger partial charge in [-0.15, -0.1) is 11.8 Å². The quantitative estimate of drug-likeness (QED) is 0.292. The zero-order valence-electron chi connectivity index (χ0n) is 18.8. The zero-order chi connectivity index (χ0) is 23.2. The average Bonchev–Trinajstić information content (AvgIpc) is 2.71. The molecule has 170 valence electrons. The molecule has 0 aromatic heterocycles. The second-order valence-corrected chi connectivity index (χ2v) is 10.9. The summed E-state index contributed by atoms with van der Waals surface area (Å²) in [4.78, 5) is 38.4. The number of allylic oxidation sites excluding steroid dienone is 1. The minimum atomic E-state index is -0.766. The number of carbonyl (C=O) groups is 3.